The van der Waals surface area contributed by atoms with Gasteiger partial charge in [-0.2, -0.15) is 0 Å². The Kier molecular flexibility index (Phi) is 6.48. The summed E-state index contributed by atoms with van der Waals surface area (Å²) in [5.41, 5.74) is 6.61. The minimum absolute atomic E-state index is 0.000148. The molecule has 6 nitrogen and oxygen atoms in total. The largest absolute Gasteiger partial charge is 0.352 e. The van der Waals surface area contributed by atoms with Crippen LogP contribution in [-0.4, -0.2) is 35.2 Å². The number of carbonyl (C=O) groups is 3. The third-order valence-electron chi connectivity index (χ3n) is 5.79. The van der Waals surface area contributed by atoms with E-state index < -0.39 is 6.03 Å². The first-order valence-electron chi connectivity index (χ1n) is 10.0. The fourth-order valence-corrected chi connectivity index (χ4v) is 4.34. The lowest BCUT2D eigenvalue weighted by Gasteiger charge is -2.37. The summed E-state index contributed by atoms with van der Waals surface area (Å²) in [6.07, 6.45) is 7.73. The number of benzene rings is 1. The fraction of sp³-hybridized carbons (Fsp3) is 0.571. The summed E-state index contributed by atoms with van der Waals surface area (Å²) < 4.78 is 0. The Morgan fingerprint density at radius 3 is 2.48 bits per heavy atom. The SMILES string of the molecule is NC(=O)NCc1ccc(C(=O)N2CCCCC[C@@H]2[C@H]2CCCCC2=O)cc1. The Morgan fingerprint density at radius 1 is 1.04 bits per heavy atom. The molecule has 2 aliphatic rings. The van der Waals surface area contributed by atoms with E-state index >= 15 is 0 Å². The lowest BCUT2D eigenvalue weighted by atomic mass is 9.80. The number of likely N-dealkylation sites (tertiary alicyclic amines) is 1. The zero-order valence-electron chi connectivity index (χ0n) is 15.8. The number of hydrogen-bond acceptors (Lipinski definition) is 3. The molecule has 1 saturated carbocycles. The van der Waals surface area contributed by atoms with E-state index in [9.17, 15) is 14.4 Å². The van der Waals surface area contributed by atoms with Gasteiger partial charge in [0, 0.05) is 37.0 Å². The van der Waals surface area contributed by atoms with Crippen molar-refractivity contribution in [1.82, 2.24) is 10.2 Å². The van der Waals surface area contributed by atoms with Crippen LogP contribution in [0.2, 0.25) is 0 Å². The van der Waals surface area contributed by atoms with Gasteiger partial charge < -0.3 is 16.0 Å². The van der Waals surface area contributed by atoms with Gasteiger partial charge in [-0.3, -0.25) is 9.59 Å². The zero-order chi connectivity index (χ0) is 19.2. The molecule has 1 saturated heterocycles. The number of hydrogen-bond donors (Lipinski definition) is 2. The van der Waals surface area contributed by atoms with Gasteiger partial charge in [0.2, 0.25) is 0 Å². The summed E-state index contributed by atoms with van der Waals surface area (Å²) in [5.74, 6) is 0.341. The summed E-state index contributed by atoms with van der Waals surface area (Å²) in [6.45, 7) is 1.06. The first kappa shape index (κ1) is 19.4. The monoisotopic (exact) mass is 371 g/mol. The highest BCUT2D eigenvalue weighted by Gasteiger charge is 2.36. The first-order valence-corrected chi connectivity index (χ1v) is 10.0. The van der Waals surface area contributed by atoms with Crippen molar-refractivity contribution in [3.8, 4) is 0 Å². The zero-order valence-corrected chi connectivity index (χ0v) is 15.8. The van der Waals surface area contributed by atoms with Gasteiger partial charge in [-0.15, -0.1) is 0 Å². The summed E-state index contributed by atoms with van der Waals surface area (Å²) in [5, 5.41) is 2.54. The summed E-state index contributed by atoms with van der Waals surface area (Å²) in [7, 11) is 0. The molecule has 27 heavy (non-hydrogen) atoms. The molecule has 3 amide bonds. The maximum atomic E-state index is 13.2. The van der Waals surface area contributed by atoms with Gasteiger partial charge in [0.15, 0.2) is 0 Å². The van der Waals surface area contributed by atoms with E-state index in [1.807, 2.05) is 17.0 Å². The lowest BCUT2D eigenvalue weighted by Crippen LogP contribution is -2.47. The Morgan fingerprint density at radius 2 is 1.78 bits per heavy atom. The normalized spacial score (nSPS) is 23.6. The number of carbonyl (C=O) groups excluding carboxylic acids is 3. The van der Waals surface area contributed by atoms with Crippen LogP contribution in [-0.2, 0) is 11.3 Å². The molecule has 0 aromatic heterocycles. The molecule has 1 heterocycles. The van der Waals surface area contributed by atoms with Crippen LogP contribution >= 0.6 is 0 Å². The molecule has 0 unspecified atom stereocenters. The third-order valence-corrected chi connectivity index (χ3v) is 5.79. The summed E-state index contributed by atoms with van der Waals surface area (Å²) in [4.78, 5) is 38.5. The quantitative estimate of drug-likeness (QED) is 0.852. The van der Waals surface area contributed by atoms with Crippen LogP contribution in [0.3, 0.4) is 0 Å². The molecule has 1 aromatic carbocycles. The van der Waals surface area contributed by atoms with Gasteiger partial charge in [-0.1, -0.05) is 31.4 Å². The van der Waals surface area contributed by atoms with Crippen LogP contribution in [0.25, 0.3) is 0 Å². The minimum atomic E-state index is -0.570. The van der Waals surface area contributed by atoms with Crippen molar-refractivity contribution >= 4 is 17.7 Å². The van der Waals surface area contributed by atoms with Crippen LogP contribution < -0.4 is 11.1 Å². The Labute approximate surface area is 160 Å². The van der Waals surface area contributed by atoms with Gasteiger partial charge in [0.1, 0.15) is 5.78 Å². The van der Waals surface area contributed by atoms with Crippen molar-refractivity contribution in [1.29, 1.82) is 0 Å². The van der Waals surface area contributed by atoms with E-state index in [-0.39, 0.29) is 17.9 Å². The number of nitrogens with zero attached hydrogens (tertiary/aromatic N) is 1. The molecule has 6 heteroatoms. The van der Waals surface area contributed by atoms with Crippen LogP contribution in [0.15, 0.2) is 24.3 Å². The van der Waals surface area contributed by atoms with Gasteiger partial charge in [-0.05, 0) is 43.4 Å². The average molecular weight is 371 g/mol. The van der Waals surface area contributed by atoms with E-state index in [0.717, 1.165) is 57.1 Å². The van der Waals surface area contributed by atoms with E-state index in [1.165, 1.54) is 0 Å². The Bertz CT molecular complexity index is 686. The minimum Gasteiger partial charge on any atom is -0.352 e. The first-order chi connectivity index (χ1) is 13.1. The molecule has 0 bridgehead atoms. The third kappa shape index (κ3) is 4.87. The molecule has 2 fully saturated rings. The Hall–Kier alpha value is -2.37. The van der Waals surface area contributed by atoms with E-state index in [1.54, 1.807) is 12.1 Å². The van der Waals surface area contributed by atoms with Crippen molar-refractivity contribution < 1.29 is 14.4 Å². The Balaban J connectivity index is 1.75. The molecule has 1 aromatic rings. The molecule has 146 valence electrons. The highest BCUT2D eigenvalue weighted by atomic mass is 16.2. The van der Waals surface area contributed by atoms with Crippen LogP contribution in [0.5, 0.6) is 0 Å². The molecule has 1 aliphatic carbocycles. The van der Waals surface area contributed by atoms with E-state index in [0.29, 0.717) is 24.3 Å². The molecule has 2 atom stereocenters. The van der Waals surface area contributed by atoms with Crippen LogP contribution in [0.1, 0.15) is 67.3 Å². The van der Waals surface area contributed by atoms with Gasteiger partial charge in [0.05, 0.1) is 0 Å². The summed E-state index contributed by atoms with van der Waals surface area (Å²) >= 11 is 0. The maximum absolute atomic E-state index is 13.2. The average Bonchev–Trinajstić information content (AvgIpc) is 2.92. The second-order valence-electron chi connectivity index (χ2n) is 7.65. The second kappa shape index (κ2) is 9.02. The van der Waals surface area contributed by atoms with Crippen molar-refractivity contribution in [2.45, 2.75) is 64.0 Å². The maximum Gasteiger partial charge on any atom is 0.312 e. The lowest BCUT2D eigenvalue weighted by molar-refractivity contribution is -0.126. The number of rotatable bonds is 4. The number of amides is 3. The smallest absolute Gasteiger partial charge is 0.312 e. The molecule has 3 rings (SSSR count). The molecule has 0 radical (unpaired) electrons. The van der Waals surface area contributed by atoms with Gasteiger partial charge in [0.25, 0.3) is 5.91 Å². The topological polar surface area (TPSA) is 92.5 Å². The van der Waals surface area contributed by atoms with E-state index in [2.05, 4.69) is 5.32 Å². The van der Waals surface area contributed by atoms with Crippen LogP contribution in [0.4, 0.5) is 4.79 Å². The second-order valence-corrected chi connectivity index (χ2v) is 7.65. The standard InChI is InChI=1S/C21H29N3O3/c22-21(27)23-14-15-9-11-16(12-10-15)20(26)24-13-5-1-2-7-18(24)17-6-3-4-8-19(17)25/h9-12,17-18H,1-8,13-14H2,(H3,22,23,27)/t17-,18-/m1/s1. The number of primary amides is 1. The highest BCUT2D eigenvalue weighted by Crippen LogP contribution is 2.32. The number of nitrogens with one attached hydrogen (secondary N) is 1. The molecular weight excluding hydrogens is 342 g/mol. The summed E-state index contributed by atoms with van der Waals surface area (Å²) in [6, 6.07) is 6.73. The number of urea groups is 1. The molecule has 0 spiro atoms. The fourth-order valence-electron chi connectivity index (χ4n) is 4.34. The van der Waals surface area contributed by atoms with Crippen molar-refractivity contribution in [2.75, 3.05) is 6.54 Å². The van der Waals surface area contributed by atoms with Gasteiger partial charge in [-0.25, -0.2) is 4.79 Å². The number of nitrogens with two attached hydrogens (primary N) is 1. The van der Waals surface area contributed by atoms with E-state index in [4.69, 9.17) is 5.73 Å². The molecule has 1 aliphatic heterocycles. The van der Waals surface area contributed by atoms with Crippen molar-refractivity contribution in [3.63, 3.8) is 0 Å². The molecule has 3 N–H and O–H groups in total. The predicted octanol–water partition coefficient (Wildman–Crippen LogP) is 3.00. The van der Waals surface area contributed by atoms with Crippen molar-refractivity contribution in [3.05, 3.63) is 35.4 Å². The van der Waals surface area contributed by atoms with Gasteiger partial charge >= 0.3 is 6.03 Å². The molecular formula is C21H29N3O3. The van der Waals surface area contributed by atoms with Crippen molar-refractivity contribution in [2.24, 2.45) is 11.7 Å². The number of ketones is 1. The highest BCUT2D eigenvalue weighted by molar-refractivity contribution is 5.95. The van der Waals surface area contributed by atoms with Crippen LogP contribution in [0, 0.1) is 5.92 Å². The predicted molar refractivity (Wildman–Crippen MR) is 103 cm³/mol. The number of Topliss-reactive ketones (excluding diaryl/α,β-unsaturated/α-hetero) is 1.